The van der Waals surface area contributed by atoms with E-state index in [1.807, 2.05) is 25.8 Å². The van der Waals surface area contributed by atoms with Crippen LogP contribution in [-0.2, 0) is 4.74 Å². The summed E-state index contributed by atoms with van der Waals surface area (Å²) in [7, 11) is 0.856. The van der Waals surface area contributed by atoms with Crippen LogP contribution >= 0.6 is 11.6 Å². The first-order chi connectivity index (χ1) is 11.1. The molecular weight excluding hydrogens is 340 g/mol. The summed E-state index contributed by atoms with van der Waals surface area (Å²) in [6.07, 6.45) is 2.66. The van der Waals surface area contributed by atoms with E-state index in [0.29, 0.717) is 17.2 Å². The minimum Gasteiger partial charge on any atom is -0.462 e. The van der Waals surface area contributed by atoms with E-state index in [-0.39, 0.29) is 5.97 Å². The summed E-state index contributed by atoms with van der Waals surface area (Å²) in [5, 5.41) is 0.377. The van der Waals surface area contributed by atoms with Crippen LogP contribution in [0, 0.1) is 6.92 Å². The van der Waals surface area contributed by atoms with Crippen molar-refractivity contribution in [1.82, 2.24) is 4.90 Å². The third-order valence-electron chi connectivity index (χ3n) is 3.70. The van der Waals surface area contributed by atoms with E-state index in [1.165, 1.54) is 0 Å². The number of hydrogen-bond acceptors (Lipinski definition) is 3. The van der Waals surface area contributed by atoms with Gasteiger partial charge in [0.2, 0.25) is 0 Å². The van der Waals surface area contributed by atoms with Gasteiger partial charge in [0.15, 0.2) is 0 Å². The van der Waals surface area contributed by atoms with Crippen LogP contribution in [0.3, 0.4) is 0 Å². The maximum atomic E-state index is 12.2. The number of halogens is 1. The van der Waals surface area contributed by atoms with Gasteiger partial charge in [0.25, 0.3) is 0 Å². The number of ether oxygens (including phenoxy) is 1. The lowest BCUT2D eigenvalue weighted by Gasteiger charge is -2.26. The smallest absolute Gasteiger partial charge is 0.339 e. The molecule has 0 unspecified atom stereocenters. The second-order valence-electron chi connectivity index (χ2n) is 7.24. The largest absolute Gasteiger partial charge is 0.462 e. The van der Waals surface area contributed by atoms with Crippen LogP contribution in [-0.4, -0.2) is 45.5 Å². The van der Waals surface area contributed by atoms with E-state index < -0.39 is 8.07 Å². The van der Waals surface area contributed by atoms with Gasteiger partial charge in [0.05, 0.1) is 29.2 Å². The molecule has 135 valence electrons. The van der Waals surface area contributed by atoms with E-state index in [0.717, 1.165) is 30.3 Å². The van der Waals surface area contributed by atoms with Crippen LogP contribution in [0.2, 0.25) is 30.7 Å². The fourth-order valence-corrected chi connectivity index (χ4v) is 3.49. The number of hydrogen-bond donors (Lipinski definition) is 0. The maximum Gasteiger partial charge on any atom is 0.339 e. The Morgan fingerprint density at radius 3 is 2.62 bits per heavy atom. The second kappa shape index (κ2) is 9.23. The highest BCUT2D eigenvalue weighted by Gasteiger charge is 2.14. The molecule has 0 radical (unpaired) electrons. The van der Waals surface area contributed by atoms with E-state index in [1.54, 1.807) is 18.5 Å². The normalized spacial score (nSPS) is 11.8. The lowest BCUT2D eigenvalue weighted by Crippen LogP contribution is -2.20. The molecule has 0 saturated carbocycles. The van der Waals surface area contributed by atoms with E-state index in [2.05, 4.69) is 24.6 Å². The highest BCUT2D eigenvalue weighted by atomic mass is 35.5. The molecule has 0 aliphatic rings. The zero-order chi connectivity index (χ0) is 18.3. The summed E-state index contributed by atoms with van der Waals surface area (Å²) in [6.45, 7) is 12.2. The van der Waals surface area contributed by atoms with Gasteiger partial charge in [-0.05, 0) is 38.0 Å². The molecule has 0 saturated heterocycles. The number of benzene rings is 1. The van der Waals surface area contributed by atoms with Gasteiger partial charge < -0.3 is 9.64 Å². The van der Waals surface area contributed by atoms with Crippen molar-refractivity contribution >= 4 is 37.7 Å². The van der Waals surface area contributed by atoms with E-state index in [4.69, 9.17) is 16.3 Å². The number of aryl methyl sites for hydroxylation is 1. The summed E-state index contributed by atoms with van der Waals surface area (Å²) >= 11 is 6.25. The summed E-state index contributed by atoms with van der Waals surface area (Å²) < 4.78 is 5.37. The van der Waals surface area contributed by atoms with Crippen LogP contribution in [0.5, 0.6) is 0 Å². The number of carbonyl (C=O) groups excluding carboxylic acids is 1. The summed E-state index contributed by atoms with van der Waals surface area (Å²) in [4.78, 5) is 18.6. The summed E-state index contributed by atoms with van der Waals surface area (Å²) in [5.41, 5.74) is 2.06. The lowest BCUT2D eigenvalue weighted by molar-refractivity contribution is 0.0505. The Morgan fingerprint density at radius 2 is 2.04 bits per heavy atom. The molecule has 0 spiro atoms. The van der Waals surface area contributed by atoms with Crippen LogP contribution in [0.15, 0.2) is 17.1 Å². The standard InChI is InChI=1S/C18H29ClN2O2Si/c1-7-21(3)13-20-17-12-16(19)15(11-14(17)2)18(22)23-9-8-10-24(4,5)6/h11-13H,7-10H2,1-6H3/q-1. The topological polar surface area (TPSA) is 41.9 Å². The van der Waals surface area contributed by atoms with Crippen molar-refractivity contribution in [1.29, 1.82) is 0 Å². The van der Waals surface area contributed by atoms with Crippen molar-refractivity contribution in [3.63, 3.8) is 0 Å². The maximum absolute atomic E-state index is 12.2. The average molecular weight is 369 g/mol. The highest BCUT2D eigenvalue weighted by Crippen LogP contribution is 2.27. The fourth-order valence-electron chi connectivity index (χ4n) is 2.05. The Morgan fingerprint density at radius 1 is 1.38 bits per heavy atom. The van der Waals surface area contributed by atoms with Gasteiger partial charge in [0, 0.05) is 13.6 Å². The molecule has 6 heteroatoms. The van der Waals surface area contributed by atoms with Gasteiger partial charge in [-0.2, -0.15) is 33.8 Å². The first-order valence-electron chi connectivity index (χ1n) is 8.35. The van der Waals surface area contributed by atoms with Gasteiger partial charge in [0.1, 0.15) is 0 Å². The van der Waals surface area contributed by atoms with Crippen LogP contribution in [0.1, 0.15) is 29.3 Å². The van der Waals surface area contributed by atoms with Crippen LogP contribution in [0.25, 0.3) is 0 Å². The summed E-state index contributed by atoms with van der Waals surface area (Å²) in [5.74, 6) is -0.361. The SMILES string of the molecule is CCN(C)C=Nc1cc(Cl)c(C(=O)OCCC[Si-](C)(C)C)cc1C. The van der Waals surface area contributed by atoms with Crippen molar-refractivity contribution in [2.45, 2.75) is 46.0 Å². The van der Waals surface area contributed by atoms with Crippen molar-refractivity contribution in [3.05, 3.63) is 28.3 Å². The first-order valence-corrected chi connectivity index (χ1v) is 12.4. The molecule has 24 heavy (non-hydrogen) atoms. The molecule has 4 nitrogen and oxygen atoms in total. The number of nitrogens with zero attached hydrogens (tertiary/aromatic N) is 2. The Labute approximate surface area is 151 Å². The molecule has 0 N–H and O–H groups in total. The predicted octanol–water partition coefficient (Wildman–Crippen LogP) is 5.15. The third-order valence-corrected chi connectivity index (χ3v) is 5.87. The van der Waals surface area contributed by atoms with Crippen molar-refractivity contribution in [2.75, 3.05) is 20.2 Å². The fraction of sp³-hybridized carbons (Fsp3) is 0.556. The van der Waals surface area contributed by atoms with Crippen molar-refractivity contribution < 1.29 is 9.53 Å². The molecule has 1 aromatic carbocycles. The van der Waals surface area contributed by atoms with Gasteiger partial charge in [-0.25, -0.2) is 9.79 Å². The molecule has 0 atom stereocenters. The lowest BCUT2D eigenvalue weighted by atomic mass is 10.1. The molecular formula is C18H29ClN2O2Si-. The number of aliphatic imine (C=N–C) groups is 1. The van der Waals surface area contributed by atoms with Gasteiger partial charge in [-0.1, -0.05) is 11.6 Å². The molecule has 0 aromatic heterocycles. The molecule has 0 fully saturated rings. The molecule has 0 aliphatic carbocycles. The average Bonchev–Trinajstić information content (AvgIpc) is 2.50. The Kier molecular flexibility index (Phi) is 7.96. The van der Waals surface area contributed by atoms with Gasteiger partial charge >= 0.3 is 5.97 Å². The Hall–Kier alpha value is -1.33. The molecule has 1 aromatic rings. The van der Waals surface area contributed by atoms with E-state index in [9.17, 15) is 4.79 Å². The second-order valence-corrected chi connectivity index (χ2v) is 13.3. The van der Waals surface area contributed by atoms with Crippen LogP contribution in [0.4, 0.5) is 5.69 Å². The quantitative estimate of drug-likeness (QED) is 0.209. The zero-order valence-electron chi connectivity index (χ0n) is 15.6. The number of esters is 1. The number of carbonyl (C=O) groups is 1. The van der Waals surface area contributed by atoms with Crippen molar-refractivity contribution in [3.8, 4) is 0 Å². The third kappa shape index (κ3) is 7.05. The molecule has 0 bridgehead atoms. The minimum absolute atomic E-state index is 0.361. The number of rotatable bonds is 8. The van der Waals surface area contributed by atoms with E-state index >= 15 is 0 Å². The molecule has 0 heterocycles. The van der Waals surface area contributed by atoms with Gasteiger partial charge in [-0.15, -0.1) is 0 Å². The molecule has 0 aliphatic heterocycles. The van der Waals surface area contributed by atoms with Crippen molar-refractivity contribution in [2.24, 2.45) is 4.99 Å². The minimum atomic E-state index is -1.09. The Balaban J connectivity index is 2.74. The Bertz CT molecular complexity index is 597. The van der Waals surface area contributed by atoms with Gasteiger partial charge in [-0.3, -0.25) is 0 Å². The molecule has 1 rings (SSSR count). The van der Waals surface area contributed by atoms with Crippen LogP contribution < -0.4 is 0 Å². The summed E-state index contributed by atoms with van der Waals surface area (Å²) in [6, 6.07) is 4.61. The molecule has 0 amide bonds. The monoisotopic (exact) mass is 368 g/mol. The zero-order valence-corrected chi connectivity index (χ0v) is 17.4. The predicted molar refractivity (Wildman–Crippen MR) is 106 cm³/mol. The first kappa shape index (κ1) is 20.7. The highest BCUT2D eigenvalue weighted by molar-refractivity contribution is 6.76.